The summed E-state index contributed by atoms with van der Waals surface area (Å²) >= 11 is 1.80. The molecule has 7 aromatic carbocycles. The van der Waals surface area contributed by atoms with Crippen molar-refractivity contribution < 1.29 is 4.74 Å². The van der Waals surface area contributed by atoms with Gasteiger partial charge in [0.2, 0.25) is 0 Å². The molecular weight excluding hydrogens is 727 g/mol. The van der Waals surface area contributed by atoms with Crippen LogP contribution in [0.5, 0.6) is 5.75 Å². The number of hydrogen-bond donors (Lipinski definition) is 0. The van der Waals surface area contributed by atoms with E-state index in [1.54, 1.807) is 11.3 Å². The van der Waals surface area contributed by atoms with Gasteiger partial charge in [-0.15, -0.1) is 11.3 Å². The highest BCUT2D eigenvalue weighted by atomic mass is 32.1. The minimum atomic E-state index is -0.484. The van der Waals surface area contributed by atoms with Crippen LogP contribution in [0.25, 0.3) is 87.7 Å². The fraction of sp³-hybridized carbons (Fsp3) is 0.0755. The first kappa shape index (κ1) is 34.3. The third-order valence-corrected chi connectivity index (χ3v) is 12.9. The van der Waals surface area contributed by atoms with Crippen LogP contribution in [0.1, 0.15) is 18.9 Å². The summed E-state index contributed by atoms with van der Waals surface area (Å²) in [6, 6.07) is 57.7. The average molecular weight is 764 g/mol. The zero-order valence-electron chi connectivity index (χ0n) is 31.8. The monoisotopic (exact) mass is 763 g/mol. The molecule has 0 N–H and O–H groups in total. The lowest BCUT2D eigenvalue weighted by Gasteiger charge is -2.43. The Morgan fingerprint density at radius 3 is 2.05 bits per heavy atom. The SMILES string of the molecule is CC1(C2C=CC=CC2)Oc2cccc(-c3ccc(-c4nc(-c5cccc(-c6ccccc6)c5)nc(-c5cccc6sc7ccccc7c56)n4)cc3)c2-c2ccccc21. The summed E-state index contributed by atoms with van der Waals surface area (Å²) < 4.78 is 9.48. The van der Waals surface area contributed by atoms with Gasteiger partial charge < -0.3 is 4.74 Å². The minimum absolute atomic E-state index is 0.233. The zero-order valence-corrected chi connectivity index (χ0v) is 32.7. The number of allylic oxidation sites excluding steroid dienone is 3. The largest absolute Gasteiger partial charge is 0.482 e. The van der Waals surface area contributed by atoms with E-state index in [0.717, 1.165) is 56.7 Å². The summed E-state index contributed by atoms with van der Waals surface area (Å²) in [7, 11) is 0. The summed E-state index contributed by atoms with van der Waals surface area (Å²) in [4.78, 5) is 15.6. The maximum atomic E-state index is 7.03. The number of fused-ring (bicyclic) bond motifs is 6. The second-order valence-corrected chi connectivity index (χ2v) is 16.3. The molecule has 0 spiro atoms. The molecule has 2 aromatic heterocycles. The standard InChI is InChI=1S/C53H37N3OS/c1-53(39-19-6-3-7-20-39)44-25-10-8-21-41(44)48-40(23-13-26-45(48)57-53)35-29-31-36(32-30-35)50-54-51(38-18-12-17-37(33-38)34-15-4-2-5-16-34)56-52(55-50)43-24-14-28-47-49(43)42-22-9-11-27-46(42)58-47/h2-19,21-33,39H,20H2,1H3. The molecule has 3 heterocycles. The number of nitrogens with zero attached hydrogens (tertiary/aromatic N) is 3. The third kappa shape index (κ3) is 5.77. The second-order valence-electron chi connectivity index (χ2n) is 15.2. The summed E-state index contributed by atoms with van der Waals surface area (Å²) in [5.74, 6) is 3.06. The molecule has 1 aliphatic carbocycles. The fourth-order valence-corrected chi connectivity index (χ4v) is 9.93. The predicted molar refractivity (Wildman–Crippen MR) is 240 cm³/mol. The van der Waals surface area contributed by atoms with E-state index in [1.165, 1.54) is 31.3 Å². The second kappa shape index (κ2) is 13.9. The molecule has 0 saturated carbocycles. The van der Waals surface area contributed by atoms with Crippen LogP contribution in [0.3, 0.4) is 0 Å². The van der Waals surface area contributed by atoms with Crippen molar-refractivity contribution in [3.05, 3.63) is 194 Å². The van der Waals surface area contributed by atoms with Gasteiger partial charge in [-0.2, -0.15) is 0 Å². The fourth-order valence-electron chi connectivity index (χ4n) is 8.80. The number of rotatable bonds is 6. The van der Waals surface area contributed by atoms with Crippen molar-refractivity contribution >= 4 is 31.5 Å². The van der Waals surface area contributed by atoms with Crippen LogP contribution in [0.2, 0.25) is 0 Å². The van der Waals surface area contributed by atoms with E-state index in [0.29, 0.717) is 17.5 Å². The maximum absolute atomic E-state index is 7.03. The van der Waals surface area contributed by atoms with Gasteiger partial charge >= 0.3 is 0 Å². The van der Waals surface area contributed by atoms with E-state index in [2.05, 4.69) is 189 Å². The third-order valence-electron chi connectivity index (χ3n) is 11.7. The Morgan fingerprint density at radius 1 is 0.534 bits per heavy atom. The van der Waals surface area contributed by atoms with E-state index >= 15 is 0 Å². The molecular formula is C53H37N3OS. The molecule has 2 unspecified atom stereocenters. The number of hydrogen-bond acceptors (Lipinski definition) is 5. The Morgan fingerprint density at radius 2 is 1.19 bits per heavy atom. The topological polar surface area (TPSA) is 47.9 Å². The Hall–Kier alpha value is -6.95. The summed E-state index contributed by atoms with van der Waals surface area (Å²) in [6.07, 6.45) is 9.73. The molecule has 1 aliphatic heterocycles. The van der Waals surface area contributed by atoms with Crippen molar-refractivity contribution in [1.82, 2.24) is 15.0 Å². The van der Waals surface area contributed by atoms with E-state index in [9.17, 15) is 0 Å². The van der Waals surface area contributed by atoms with Gasteiger partial charge in [-0.3, -0.25) is 0 Å². The highest BCUT2D eigenvalue weighted by molar-refractivity contribution is 7.25. The highest BCUT2D eigenvalue weighted by Crippen LogP contribution is 2.52. The quantitative estimate of drug-likeness (QED) is 0.169. The molecule has 0 fully saturated rings. The first-order chi connectivity index (χ1) is 28.6. The van der Waals surface area contributed by atoms with Crippen LogP contribution in [0.15, 0.2) is 188 Å². The smallest absolute Gasteiger partial charge is 0.164 e. The Balaban J connectivity index is 1.03. The van der Waals surface area contributed by atoms with E-state index < -0.39 is 5.60 Å². The Kier molecular flexibility index (Phi) is 8.23. The molecule has 11 rings (SSSR count). The van der Waals surface area contributed by atoms with Gasteiger partial charge in [0.15, 0.2) is 17.5 Å². The van der Waals surface area contributed by atoms with Crippen LogP contribution in [-0.4, -0.2) is 15.0 Å². The molecule has 9 aromatic rings. The summed E-state index contributed by atoms with van der Waals surface area (Å²) in [5, 5.41) is 2.38. The molecule has 0 amide bonds. The Bertz CT molecular complexity index is 3090. The van der Waals surface area contributed by atoms with Crippen LogP contribution in [0, 0.1) is 5.92 Å². The molecule has 2 aliphatic rings. The molecule has 276 valence electrons. The first-order valence-corrected chi connectivity index (χ1v) is 20.6. The molecule has 58 heavy (non-hydrogen) atoms. The minimum Gasteiger partial charge on any atom is -0.482 e. The lowest BCUT2D eigenvalue weighted by atomic mass is 9.74. The zero-order chi connectivity index (χ0) is 38.6. The van der Waals surface area contributed by atoms with Crippen molar-refractivity contribution in [2.24, 2.45) is 5.92 Å². The van der Waals surface area contributed by atoms with Gasteiger partial charge in [0.05, 0.1) is 0 Å². The van der Waals surface area contributed by atoms with Crippen LogP contribution in [0.4, 0.5) is 0 Å². The van der Waals surface area contributed by atoms with Crippen molar-refractivity contribution in [3.8, 4) is 73.3 Å². The molecule has 0 saturated heterocycles. The molecule has 4 nitrogen and oxygen atoms in total. The van der Waals surface area contributed by atoms with Gasteiger partial charge in [-0.25, -0.2) is 15.0 Å². The van der Waals surface area contributed by atoms with Gasteiger partial charge in [0.25, 0.3) is 0 Å². The Labute approximate surface area is 341 Å². The molecule has 5 heteroatoms. The number of aromatic nitrogens is 3. The lowest BCUT2D eigenvalue weighted by molar-refractivity contribution is 0.0398. The number of thiophene rings is 1. The van der Waals surface area contributed by atoms with E-state index in [4.69, 9.17) is 19.7 Å². The van der Waals surface area contributed by atoms with E-state index in [-0.39, 0.29) is 5.92 Å². The van der Waals surface area contributed by atoms with Crippen molar-refractivity contribution in [2.75, 3.05) is 0 Å². The molecule has 2 atom stereocenters. The summed E-state index contributed by atoms with van der Waals surface area (Å²) in [6.45, 7) is 2.24. The maximum Gasteiger partial charge on any atom is 0.164 e. The number of ether oxygens (including phenoxy) is 1. The van der Waals surface area contributed by atoms with Gasteiger partial charge in [-0.05, 0) is 65.4 Å². The van der Waals surface area contributed by atoms with Crippen LogP contribution in [-0.2, 0) is 5.60 Å². The van der Waals surface area contributed by atoms with Gasteiger partial charge in [-0.1, -0.05) is 164 Å². The predicted octanol–water partition coefficient (Wildman–Crippen LogP) is 14.0. The highest BCUT2D eigenvalue weighted by Gasteiger charge is 2.42. The van der Waals surface area contributed by atoms with E-state index in [1.807, 2.05) is 6.07 Å². The lowest BCUT2D eigenvalue weighted by Crippen LogP contribution is -2.40. The average Bonchev–Trinajstić information content (AvgIpc) is 3.69. The van der Waals surface area contributed by atoms with Crippen LogP contribution < -0.4 is 4.74 Å². The normalized spacial score (nSPS) is 16.9. The molecule has 0 bridgehead atoms. The van der Waals surface area contributed by atoms with Crippen LogP contribution >= 0.6 is 11.3 Å². The summed E-state index contributed by atoms with van der Waals surface area (Å²) in [5.41, 5.74) is 10.4. The number of benzene rings is 7. The van der Waals surface area contributed by atoms with Gasteiger partial charge in [0.1, 0.15) is 11.4 Å². The van der Waals surface area contributed by atoms with Crippen molar-refractivity contribution in [2.45, 2.75) is 18.9 Å². The first-order valence-electron chi connectivity index (χ1n) is 19.8. The molecule has 0 radical (unpaired) electrons. The van der Waals surface area contributed by atoms with Crippen molar-refractivity contribution in [3.63, 3.8) is 0 Å². The van der Waals surface area contributed by atoms with Crippen molar-refractivity contribution in [1.29, 1.82) is 0 Å². The van der Waals surface area contributed by atoms with Gasteiger partial charge in [0, 0.05) is 53.9 Å².